The van der Waals surface area contributed by atoms with Gasteiger partial charge >= 0.3 is 0 Å². The van der Waals surface area contributed by atoms with E-state index < -0.39 is 0 Å². The summed E-state index contributed by atoms with van der Waals surface area (Å²) in [5.74, 6) is 0.560. The molecule has 1 saturated heterocycles. The van der Waals surface area contributed by atoms with Gasteiger partial charge in [-0.25, -0.2) is 4.68 Å². The Morgan fingerprint density at radius 2 is 1.79 bits per heavy atom. The lowest BCUT2D eigenvalue weighted by Gasteiger charge is -2.35. The fraction of sp³-hybridized carbons (Fsp3) is 0.474. The van der Waals surface area contributed by atoms with Gasteiger partial charge in [0.1, 0.15) is 5.69 Å². The molecule has 5 heteroatoms. The largest absolute Gasteiger partial charge is 0.372 e. The summed E-state index contributed by atoms with van der Waals surface area (Å²) in [5, 5.41) is 4.73. The molecule has 24 heavy (non-hydrogen) atoms. The summed E-state index contributed by atoms with van der Waals surface area (Å²) < 4.78 is 7.56. The minimum Gasteiger partial charge on any atom is -0.372 e. The second-order valence-electron chi connectivity index (χ2n) is 6.94. The number of nitrogens with zero attached hydrogens (tertiary/aromatic N) is 3. The third kappa shape index (κ3) is 2.96. The number of carbonyl (C=O) groups excluding carboxylic acids is 1. The van der Waals surface area contributed by atoms with Crippen molar-refractivity contribution in [1.82, 2.24) is 14.7 Å². The number of morpholine rings is 1. The van der Waals surface area contributed by atoms with Crippen LogP contribution >= 0.6 is 0 Å². The SMILES string of the molecule is CC1CN(C(=O)c2cc(C3CC3)nn2-c2ccccc2)CC(C)O1. The minimum absolute atomic E-state index is 0.0419. The zero-order valence-electron chi connectivity index (χ0n) is 14.2. The van der Waals surface area contributed by atoms with Crippen LogP contribution in [0.5, 0.6) is 0 Å². The maximum Gasteiger partial charge on any atom is 0.272 e. The van der Waals surface area contributed by atoms with E-state index in [2.05, 4.69) is 0 Å². The third-order valence-corrected chi connectivity index (χ3v) is 4.65. The molecule has 4 rings (SSSR count). The van der Waals surface area contributed by atoms with E-state index >= 15 is 0 Å². The Balaban J connectivity index is 1.69. The molecule has 5 nitrogen and oxygen atoms in total. The molecule has 1 saturated carbocycles. The first-order chi connectivity index (χ1) is 11.6. The van der Waals surface area contributed by atoms with Crippen LogP contribution in [0.2, 0.25) is 0 Å². The molecule has 2 fully saturated rings. The van der Waals surface area contributed by atoms with Gasteiger partial charge in [-0.2, -0.15) is 5.10 Å². The molecule has 1 aliphatic carbocycles. The normalized spacial score (nSPS) is 24.2. The number of hydrogen-bond donors (Lipinski definition) is 0. The molecule has 2 aromatic rings. The van der Waals surface area contributed by atoms with E-state index in [1.54, 1.807) is 4.68 Å². The maximum absolute atomic E-state index is 13.2. The third-order valence-electron chi connectivity index (χ3n) is 4.65. The van der Waals surface area contributed by atoms with Crippen molar-refractivity contribution in [3.63, 3.8) is 0 Å². The number of amides is 1. The van der Waals surface area contributed by atoms with Gasteiger partial charge in [-0.3, -0.25) is 4.79 Å². The van der Waals surface area contributed by atoms with Gasteiger partial charge in [0.15, 0.2) is 0 Å². The van der Waals surface area contributed by atoms with Crippen LogP contribution in [0.4, 0.5) is 0 Å². The minimum atomic E-state index is 0.0419. The van der Waals surface area contributed by atoms with Crippen LogP contribution in [0, 0.1) is 0 Å². The molecule has 126 valence electrons. The van der Waals surface area contributed by atoms with Crippen molar-refractivity contribution in [2.45, 2.75) is 44.8 Å². The Morgan fingerprint density at radius 3 is 2.42 bits per heavy atom. The van der Waals surface area contributed by atoms with Crippen LogP contribution in [0.3, 0.4) is 0 Å². The highest BCUT2D eigenvalue weighted by atomic mass is 16.5. The standard InChI is InChI=1S/C19H23N3O2/c1-13-11-21(12-14(2)24-13)19(23)18-10-17(15-8-9-15)20-22(18)16-6-4-3-5-7-16/h3-7,10,13-15H,8-9,11-12H2,1-2H3. The van der Waals surface area contributed by atoms with Crippen LogP contribution < -0.4 is 0 Å². The molecule has 2 aliphatic rings. The van der Waals surface area contributed by atoms with Gasteiger partial charge in [0.2, 0.25) is 0 Å². The number of aromatic nitrogens is 2. The van der Waals surface area contributed by atoms with Crippen LogP contribution in [0.25, 0.3) is 5.69 Å². The van der Waals surface area contributed by atoms with Gasteiger partial charge in [0, 0.05) is 19.0 Å². The molecule has 1 aromatic heterocycles. The van der Waals surface area contributed by atoms with E-state index in [0.717, 1.165) is 11.4 Å². The van der Waals surface area contributed by atoms with Gasteiger partial charge in [-0.05, 0) is 44.9 Å². The smallest absolute Gasteiger partial charge is 0.272 e. The Morgan fingerprint density at radius 1 is 1.12 bits per heavy atom. The molecule has 0 radical (unpaired) electrons. The van der Waals surface area contributed by atoms with Crippen molar-refractivity contribution in [1.29, 1.82) is 0 Å². The lowest BCUT2D eigenvalue weighted by atomic mass is 10.2. The first-order valence-electron chi connectivity index (χ1n) is 8.72. The van der Waals surface area contributed by atoms with Gasteiger partial charge in [0.25, 0.3) is 5.91 Å². The summed E-state index contributed by atoms with van der Waals surface area (Å²) in [7, 11) is 0. The monoisotopic (exact) mass is 325 g/mol. The predicted octanol–water partition coefficient (Wildman–Crippen LogP) is 3.00. The number of benzene rings is 1. The maximum atomic E-state index is 13.2. The quantitative estimate of drug-likeness (QED) is 0.871. The summed E-state index contributed by atoms with van der Waals surface area (Å²) >= 11 is 0. The number of para-hydroxylation sites is 1. The van der Waals surface area contributed by atoms with Crippen molar-refractivity contribution in [3.05, 3.63) is 47.8 Å². The second-order valence-corrected chi connectivity index (χ2v) is 6.94. The van der Waals surface area contributed by atoms with Crippen LogP contribution in [0.15, 0.2) is 36.4 Å². The average Bonchev–Trinajstić information content (AvgIpc) is 3.33. The van der Waals surface area contributed by atoms with E-state index in [0.29, 0.717) is 24.7 Å². The number of ether oxygens (including phenoxy) is 1. The zero-order chi connectivity index (χ0) is 16.7. The summed E-state index contributed by atoms with van der Waals surface area (Å²) in [6.07, 6.45) is 2.47. The zero-order valence-corrected chi connectivity index (χ0v) is 14.2. The molecule has 1 aromatic carbocycles. The molecule has 2 unspecified atom stereocenters. The number of carbonyl (C=O) groups is 1. The average molecular weight is 325 g/mol. The fourth-order valence-corrected chi connectivity index (χ4v) is 3.40. The van der Waals surface area contributed by atoms with E-state index in [1.165, 1.54) is 12.8 Å². The number of hydrogen-bond acceptors (Lipinski definition) is 3. The molecule has 2 atom stereocenters. The van der Waals surface area contributed by atoms with Crippen molar-refractivity contribution < 1.29 is 9.53 Å². The van der Waals surface area contributed by atoms with Gasteiger partial charge < -0.3 is 9.64 Å². The second kappa shape index (κ2) is 6.06. The van der Waals surface area contributed by atoms with Crippen molar-refractivity contribution in [2.75, 3.05) is 13.1 Å². The first kappa shape index (κ1) is 15.4. The lowest BCUT2D eigenvalue weighted by Crippen LogP contribution is -2.48. The van der Waals surface area contributed by atoms with Crippen LogP contribution in [0.1, 0.15) is 48.8 Å². The number of rotatable bonds is 3. The topological polar surface area (TPSA) is 47.4 Å². The molecule has 1 amide bonds. The fourth-order valence-electron chi connectivity index (χ4n) is 3.40. The molecule has 0 spiro atoms. The Kier molecular flexibility index (Phi) is 3.88. The summed E-state index contributed by atoms with van der Waals surface area (Å²) in [6, 6.07) is 11.9. The molecular weight excluding hydrogens is 302 g/mol. The van der Waals surface area contributed by atoms with E-state index in [9.17, 15) is 4.79 Å². The van der Waals surface area contributed by atoms with Crippen molar-refractivity contribution in [2.24, 2.45) is 0 Å². The Bertz CT molecular complexity index is 726. The van der Waals surface area contributed by atoms with E-state index in [4.69, 9.17) is 9.84 Å². The molecule has 0 bridgehead atoms. The molecular formula is C19H23N3O2. The van der Waals surface area contributed by atoms with Crippen LogP contribution in [-0.4, -0.2) is 45.9 Å². The highest BCUT2D eigenvalue weighted by molar-refractivity contribution is 5.93. The van der Waals surface area contributed by atoms with E-state index in [1.807, 2.05) is 55.1 Å². The lowest BCUT2D eigenvalue weighted by molar-refractivity contribution is -0.0588. The van der Waals surface area contributed by atoms with Crippen LogP contribution in [-0.2, 0) is 4.74 Å². The molecule has 2 heterocycles. The Labute approximate surface area is 142 Å². The Hall–Kier alpha value is -2.14. The summed E-state index contributed by atoms with van der Waals surface area (Å²) in [4.78, 5) is 15.0. The van der Waals surface area contributed by atoms with Crippen molar-refractivity contribution >= 4 is 5.91 Å². The predicted molar refractivity (Wildman–Crippen MR) is 91.5 cm³/mol. The van der Waals surface area contributed by atoms with E-state index in [-0.39, 0.29) is 18.1 Å². The van der Waals surface area contributed by atoms with Gasteiger partial charge in [0.05, 0.1) is 23.6 Å². The summed E-state index contributed by atoms with van der Waals surface area (Å²) in [6.45, 7) is 5.28. The molecule has 0 N–H and O–H groups in total. The highest BCUT2D eigenvalue weighted by Crippen LogP contribution is 2.40. The highest BCUT2D eigenvalue weighted by Gasteiger charge is 2.32. The summed E-state index contributed by atoms with van der Waals surface area (Å²) in [5.41, 5.74) is 2.63. The van der Waals surface area contributed by atoms with Gasteiger partial charge in [-0.15, -0.1) is 0 Å². The van der Waals surface area contributed by atoms with Gasteiger partial charge in [-0.1, -0.05) is 18.2 Å². The van der Waals surface area contributed by atoms with Crippen molar-refractivity contribution in [3.8, 4) is 5.69 Å². The molecule has 1 aliphatic heterocycles. The first-order valence-corrected chi connectivity index (χ1v) is 8.72.